The maximum absolute atomic E-state index is 11.6. The summed E-state index contributed by atoms with van der Waals surface area (Å²) in [5, 5.41) is 10.6. The van der Waals surface area contributed by atoms with Crippen LogP contribution in [0.4, 0.5) is 0 Å². The Morgan fingerprint density at radius 3 is 2.79 bits per heavy atom. The number of H-pyrrole nitrogens is 1. The van der Waals surface area contributed by atoms with E-state index in [-0.39, 0.29) is 5.56 Å². The molecular formula is C14H8N4O. The topological polar surface area (TPSA) is 82.4 Å². The van der Waals surface area contributed by atoms with Crippen LogP contribution in [0.1, 0.15) is 5.56 Å². The Hall–Kier alpha value is -3.00. The maximum Gasteiger partial charge on any atom is 0.269 e. The molecule has 2 heterocycles. The first-order chi connectivity index (χ1) is 9.29. The number of nitrogens with zero attached hydrogens (tertiary/aromatic N) is 3. The molecule has 0 atom stereocenters. The molecule has 0 unspecified atom stereocenters. The molecule has 0 saturated heterocycles. The second-order valence-corrected chi connectivity index (χ2v) is 3.97. The number of hydrogen-bond acceptors (Lipinski definition) is 4. The number of aromatic amines is 1. The van der Waals surface area contributed by atoms with Gasteiger partial charge >= 0.3 is 0 Å². The molecule has 1 aromatic carbocycles. The summed E-state index contributed by atoms with van der Waals surface area (Å²) in [6.45, 7) is 0. The lowest BCUT2D eigenvalue weighted by Gasteiger charge is -2.04. The lowest BCUT2D eigenvalue weighted by atomic mass is 10.1. The van der Waals surface area contributed by atoms with Gasteiger partial charge in [-0.05, 0) is 11.5 Å². The molecule has 90 valence electrons. The van der Waals surface area contributed by atoms with Gasteiger partial charge in [0.25, 0.3) is 5.56 Å². The Morgan fingerprint density at radius 1 is 1.16 bits per heavy atom. The molecule has 19 heavy (non-hydrogen) atoms. The van der Waals surface area contributed by atoms with E-state index in [1.165, 1.54) is 6.20 Å². The van der Waals surface area contributed by atoms with E-state index in [9.17, 15) is 4.79 Å². The van der Waals surface area contributed by atoms with Gasteiger partial charge in [-0.15, -0.1) is 0 Å². The number of benzene rings is 1. The zero-order valence-electron chi connectivity index (χ0n) is 9.79. The van der Waals surface area contributed by atoms with Gasteiger partial charge in [-0.3, -0.25) is 9.78 Å². The van der Waals surface area contributed by atoms with E-state index in [4.69, 9.17) is 5.26 Å². The zero-order chi connectivity index (χ0) is 13.2. The number of nitrogens with one attached hydrogen (secondary N) is 1. The summed E-state index contributed by atoms with van der Waals surface area (Å²) in [4.78, 5) is 22.6. The van der Waals surface area contributed by atoms with E-state index in [0.717, 1.165) is 10.8 Å². The van der Waals surface area contributed by atoms with Crippen LogP contribution < -0.4 is 5.56 Å². The molecule has 0 aliphatic heterocycles. The normalized spacial score (nSPS) is 10.3. The zero-order valence-corrected chi connectivity index (χ0v) is 9.79. The first-order valence-electron chi connectivity index (χ1n) is 5.63. The van der Waals surface area contributed by atoms with E-state index in [1.807, 2.05) is 30.3 Å². The highest BCUT2D eigenvalue weighted by molar-refractivity contribution is 5.92. The van der Waals surface area contributed by atoms with Crippen LogP contribution >= 0.6 is 0 Å². The number of fused-ring (bicyclic) bond motifs is 1. The molecule has 0 fully saturated rings. The van der Waals surface area contributed by atoms with Gasteiger partial charge in [0.2, 0.25) is 0 Å². The fourth-order valence-corrected chi connectivity index (χ4v) is 1.90. The molecule has 5 heteroatoms. The lowest BCUT2D eigenvalue weighted by Crippen LogP contribution is -2.12. The van der Waals surface area contributed by atoms with Gasteiger partial charge in [-0.25, -0.2) is 4.98 Å². The summed E-state index contributed by atoms with van der Waals surface area (Å²) < 4.78 is 0. The summed E-state index contributed by atoms with van der Waals surface area (Å²) in [6, 6.07) is 11.4. The molecule has 0 amide bonds. The van der Waals surface area contributed by atoms with Crippen LogP contribution in [-0.4, -0.2) is 15.0 Å². The van der Waals surface area contributed by atoms with Crippen molar-refractivity contribution in [1.29, 1.82) is 5.26 Å². The summed E-state index contributed by atoms with van der Waals surface area (Å²) in [5.41, 5.74) is 0.130. The van der Waals surface area contributed by atoms with Gasteiger partial charge in [0.15, 0.2) is 5.82 Å². The first-order valence-corrected chi connectivity index (χ1v) is 5.63. The molecule has 3 aromatic rings. The summed E-state index contributed by atoms with van der Waals surface area (Å²) >= 11 is 0. The standard InChI is InChI=1S/C14H8N4O/c15-7-10-8-17-13(18-14(10)19)12-11-4-2-1-3-9(11)5-6-16-12/h1-6,8H,(H,17,18,19). The fraction of sp³-hybridized carbons (Fsp3) is 0. The third kappa shape index (κ3) is 1.85. The molecule has 2 aromatic heterocycles. The van der Waals surface area contributed by atoms with Crippen molar-refractivity contribution in [1.82, 2.24) is 15.0 Å². The van der Waals surface area contributed by atoms with Crippen molar-refractivity contribution >= 4 is 10.8 Å². The van der Waals surface area contributed by atoms with E-state index < -0.39 is 5.56 Å². The van der Waals surface area contributed by atoms with Crippen molar-refractivity contribution in [3.8, 4) is 17.6 Å². The molecular weight excluding hydrogens is 240 g/mol. The van der Waals surface area contributed by atoms with Crippen LogP contribution in [0.15, 0.2) is 47.5 Å². The lowest BCUT2D eigenvalue weighted by molar-refractivity contribution is 1.09. The number of nitriles is 1. The van der Waals surface area contributed by atoms with Crippen LogP contribution in [-0.2, 0) is 0 Å². The third-order valence-electron chi connectivity index (χ3n) is 2.82. The Labute approximate surface area is 108 Å². The minimum absolute atomic E-state index is 0.0102. The van der Waals surface area contributed by atoms with Gasteiger partial charge in [0, 0.05) is 11.6 Å². The highest BCUT2D eigenvalue weighted by Gasteiger charge is 2.08. The van der Waals surface area contributed by atoms with Gasteiger partial charge in [-0.2, -0.15) is 5.26 Å². The largest absolute Gasteiger partial charge is 0.304 e. The molecule has 1 N–H and O–H groups in total. The van der Waals surface area contributed by atoms with Crippen LogP contribution in [0.5, 0.6) is 0 Å². The smallest absolute Gasteiger partial charge is 0.269 e. The highest BCUT2D eigenvalue weighted by atomic mass is 16.1. The first kappa shape index (κ1) is 11.1. The van der Waals surface area contributed by atoms with Crippen LogP contribution in [0.3, 0.4) is 0 Å². The average molecular weight is 248 g/mol. The minimum atomic E-state index is -0.456. The van der Waals surface area contributed by atoms with Gasteiger partial charge in [0.05, 0.1) is 6.20 Å². The van der Waals surface area contributed by atoms with Crippen molar-refractivity contribution in [2.45, 2.75) is 0 Å². The molecule has 0 bridgehead atoms. The Morgan fingerprint density at radius 2 is 2.00 bits per heavy atom. The van der Waals surface area contributed by atoms with Crippen molar-refractivity contribution in [3.63, 3.8) is 0 Å². The highest BCUT2D eigenvalue weighted by Crippen LogP contribution is 2.22. The van der Waals surface area contributed by atoms with Crippen LogP contribution in [0, 0.1) is 11.3 Å². The van der Waals surface area contributed by atoms with Crippen molar-refractivity contribution < 1.29 is 0 Å². The van der Waals surface area contributed by atoms with E-state index in [0.29, 0.717) is 11.5 Å². The van der Waals surface area contributed by atoms with Gasteiger partial charge in [0.1, 0.15) is 17.3 Å². The molecule has 3 rings (SSSR count). The second-order valence-electron chi connectivity index (χ2n) is 3.97. The number of pyridine rings is 1. The van der Waals surface area contributed by atoms with Gasteiger partial charge in [-0.1, -0.05) is 24.3 Å². The van der Waals surface area contributed by atoms with Crippen molar-refractivity contribution in [2.24, 2.45) is 0 Å². The van der Waals surface area contributed by atoms with E-state index >= 15 is 0 Å². The second kappa shape index (κ2) is 4.35. The quantitative estimate of drug-likeness (QED) is 0.712. The summed E-state index contributed by atoms with van der Waals surface area (Å²) in [7, 11) is 0. The predicted octanol–water partition coefficient (Wildman–Crippen LogP) is 1.86. The SMILES string of the molecule is N#Cc1cnc(-c2nccc3ccccc23)[nH]c1=O. The van der Waals surface area contributed by atoms with E-state index in [1.54, 1.807) is 12.3 Å². The predicted molar refractivity (Wildman–Crippen MR) is 70.3 cm³/mol. The molecule has 0 aliphatic carbocycles. The molecule has 0 saturated carbocycles. The minimum Gasteiger partial charge on any atom is -0.304 e. The Balaban J connectivity index is 2.28. The van der Waals surface area contributed by atoms with Crippen LogP contribution in [0.2, 0.25) is 0 Å². The van der Waals surface area contributed by atoms with Crippen molar-refractivity contribution in [3.05, 3.63) is 58.6 Å². The monoisotopic (exact) mass is 248 g/mol. The maximum atomic E-state index is 11.6. The average Bonchev–Trinajstić information content (AvgIpc) is 2.46. The Bertz CT molecular complexity index is 856. The van der Waals surface area contributed by atoms with Crippen molar-refractivity contribution in [2.75, 3.05) is 0 Å². The fourth-order valence-electron chi connectivity index (χ4n) is 1.90. The molecule has 5 nitrogen and oxygen atoms in total. The van der Waals surface area contributed by atoms with E-state index in [2.05, 4.69) is 15.0 Å². The number of hydrogen-bond donors (Lipinski definition) is 1. The molecule has 0 spiro atoms. The Kier molecular flexibility index (Phi) is 2.54. The third-order valence-corrected chi connectivity index (χ3v) is 2.82. The summed E-state index contributed by atoms with van der Waals surface area (Å²) in [5.74, 6) is 0.362. The summed E-state index contributed by atoms with van der Waals surface area (Å²) in [6.07, 6.45) is 2.92. The molecule has 0 aliphatic rings. The number of aromatic nitrogens is 3. The number of rotatable bonds is 1. The molecule has 0 radical (unpaired) electrons. The van der Waals surface area contributed by atoms with Crippen LogP contribution in [0.25, 0.3) is 22.3 Å². The van der Waals surface area contributed by atoms with Gasteiger partial charge < -0.3 is 4.98 Å².